The molecular formula is C20H28N2O2S. The van der Waals surface area contributed by atoms with Gasteiger partial charge in [0.2, 0.25) is 0 Å². The number of thiazole rings is 1. The molecule has 2 N–H and O–H groups in total. The molecule has 1 aromatic carbocycles. The molecule has 0 spiro atoms. The van der Waals surface area contributed by atoms with Gasteiger partial charge in [-0.1, -0.05) is 38.1 Å². The van der Waals surface area contributed by atoms with Gasteiger partial charge in [0.05, 0.1) is 5.69 Å². The van der Waals surface area contributed by atoms with Gasteiger partial charge in [-0.05, 0) is 36.2 Å². The maximum atomic E-state index is 9.29. The van der Waals surface area contributed by atoms with Crippen molar-refractivity contribution in [3.8, 4) is 11.3 Å². The predicted molar refractivity (Wildman–Crippen MR) is 104 cm³/mol. The monoisotopic (exact) mass is 360 g/mol. The average molecular weight is 361 g/mol. The van der Waals surface area contributed by atoms with Gasteiger partial charge >= 0.3 is 0 Å². The Balaban J connectivity index is 1.72. The predicted octanol–water partition coefficient (Wildman–Crippen LogP) is 3.75. The summed E-state index contributed by atoms with van der Waals surface area (Å²) < 4.78 is 0. The van der Waals surface area contributed by atoms with Crippen LogP contribution in [0.4, 0.5) is 5.13 Å². The van der Waals surface area contributed by atoms with E-state index in [4.69, 9.17) is 4.98 Å². The number of aromatic nitrogens is 1. The van der Waals surface area contributed by atoms with E-state index in [9.17, 15) is 10.2 Å². The molecule has 3 rings (SSSR count). The Bertz CT molecular complexity index is 655. The lowest BCUT2D eigenvalue weighted by molar-refractivity contribution is 0.210. The highest BCUT2D eigenvalue weighted by atomic mass is 32.1. The molecule has 2 atom stereocenters. The number of nitrogens with zero attached hydrogens (tertiary/aromatic N) is 2. The minimum Gasteiger partial charge on any atom is -0.396 e. The first-order chi connectivity index (χ1) is 12.1. The molecule has 0 radical (unpaired) electrons. The second kappa shape index (κ2) is 8.30. The minimum atomic E-state index is 0.214. The van der Waals surface area contributed by atoms with Crippen LogP contribution in [0.5, 0.6) is 0 Å². The molecule has 0 saturated carbocycles. The fraction of sp³-hybridized carbons (Fsp3) is 0.550. The van der Waals surface area contributed by atoms with Crippen LogP contribution in [0.1, 0.15) is 38.2 Å². The third-order valence-electron chi connectivity index (χ3n) is 5.21. The van der Waals surface area contributed by atoms with Crippen LogP contribution in [-0.4, -0.2) is 41.5 Å². The summed E-state index contributed by atoms with van der Waals surface area (Å²) in [5.41, 5.74) is 3.53. The van der Waals surface area contributed by atoms with E-state index < -0.39 is 0 Å². The Kier molecular flexibility index (Phi) is 6.10. The van der Waals surface area contributed by atoms with Gasteiger partial charge in [0.1, 0.15) is 0 Å². The lowest BCUT2D eigenvalue weighted by Gasteiger charge is -2.14. The molecule has 1 aromatic heterocycles. The minimum absolute atomic E-state index is 0.214. The van der Waals surface area contributed by atoms with Crippen molar-refractivity contribution in [2.24, 2.45) is 11.8 Å². The molecule has 1 aliphatic rings. The molecule has 1 aliphatic heterocycles. The molecule has 1 fully saturated rings. The first kappa shape index (κ1) is 18.4. The van der Waals surface area contributed by atoms with Crippen LogP contribution in [0.15, 0.2) is 29.6 Å². The van der Waals surface area contributed by atoms with Gasteiger partial charge in [0.15, 0.2) is 5.13 Å². The van der Waals surface area contributed by atoms with Crippen LogP contribution >= 0.6 is 11.3 Å². The van der Waals surface area contributed by atoms with E-state index in [0.29, 0.717) is 17.8 Å². The lowest BCUT2D eigenvalue weighted by Crippen LogP contribution is -2.19. The topological polar surface area (TPSA) is 56.6 Å². The van der Waals surface area contributed by atoms with Crippen molar-refractivity contribution in [2.75, 3.05) is 31.2 Å². The van der Waals surface area contributed by atoms with E-state index in [1.54, 1.807) is 11.3 Å². The second-order valence-electron chi connectivity index (χ2n) is 7.24. The van der Waals surface area contributed by atoms with Crippen molar-refractivity contribution in [2.45, 2.75) is 32.6 Å². The molecule has 0 unspecified atom stereocenters. The smallest absolute Gasteiger partial charge is 0.185 e. The van der Waals surface area contributed by atoms with Gasteiger partial charge in [-0.3, -0.25) is 0 Å². The summed E-state index contributed by atoms with van der Waals surface area (Å²) in [6, 6.07) is 8.68. The van der Waals surface area contributed by atoms with Crippen molar-refractivity contribution in [3.05, 3.63) is 35.2 Å². The lowest BCUT2D eigenvalue weighted by atomic mass is 9.91. The van der Waals surface area contributed by atoms with Crippen molar-refractivity contribution in [3.63, 3.8) is 0 Å². The highest BCUT2D eigenvalue weighted by Crippen LogP contribution is 2.35. The molecule has 136 valence electrons. The average Bonchev–Trinajstić information content (AvgIpc) is 3.23. The molecule has 2 heterocycles. The third kappa shape index (κ3) is 4.22. The third-order valence-corrected chi connectivity index (χ3v) is 6.11. The largest absolute Gasteiger partial charge is 0.396 e. The first-order valence-electron chi connectivity index (χ1n) is 9.15. The Morgan fingerprint density at radius 2 is 1.68 bits per heavy atom. The molecule has 0 aliphatic carbocycles. The Labute approximate surface area is 154 Å². The van der Waals surface area contributed by atoms with Crippen LogP contribution < -0.4 is 4.90 Å². The van der Waals surface area contributed by atoms with Gasteiger partial charge in [-0.15, -0.1) is 11.3 Å². The number of benzene rings is 1. The second-order valence-corrected chi connectivity index (χ2v) is 8.08. The standard InChI is InChI=1S/C20H28N2O2S/c1-14(2)15-3-5-16(6-4-15)19-13-25-20(21-19)22-11-17(7-9-23)18(12-22)8-10-24/h3-6,13-14,17-18,23-24H,7-12H2,1-2H3/t17-,18+. The Morgan fingerprint density at radius 1 is 1.08 bits per heavy atom. The van der Waals surface area contributed by atoms with Crippen LogP contribution in [0.25, 0.3) is 11.3 Å². The number of anilines is 1. The highest BCUT2D eigenvalue weighted by molar-refractivity contribution is 7.14. The van der Waals surface area contributed by atoms with E-state index in [1.165, 1.54) is 5.56 Å². The fourth-order valence-electron chi connectivity index (χ4n) is 3.66. The molecule has 0 bridgehead atoms. The van der Waals surface area contributed by atoms with Gasteiger partial charge in [0.25, 0.3) is 0 Å². The molecule has 2 aromatic rings. The van der Waals surface area contributed by atoms with Crippen molar-refractivity contribution < 1.29 is 10.2 Å². The molecule has 1 saturated heterocycles. The number of rotatable bonds is 7. The van der Waals surface area contributed by atoms with Gasteiger partial charge < -0.3 is 15.1 Å². The number of hydrogen-bond donors (Lipinski definition) is 2. The zero-order chi connectivity index (χ0) is 17.8. The molecule has 4 nitrogen and oxygen atoms in total. The van der Waals surface area contributed by atoms with Crippen LogP contribution in [-0.2, 0) is 0 Å². The first-order valence-corrected chi connectivity index (χ1v) is 10.0. The van der Waals surface area contributed by atoms with Crippen LogP contribution in [0.3, 0.4) is 0 Å². The van der Waals surface area contributed by atoms with E-state index in [1.807, 2.05) is 0 Å². The van der Waals surface area contributed by atoms with E-state index in [2.05, 4.69) is 48.4 Å². The molecular weight excluding hydrogens is 332 g/mol. The summed E-state index contributed by atoms with van der Waals surface area (Å²) in [6.45, 7) is 6.68. The van der Waals surface area contributed by atoms with Crippen LogP contribution in [0.2, 0.25) is 0 Å². The zero-order valence-electron chi connectivity index (χ0n) is 15.1. The Hall–Kier alpha value is -1.43. The van der Waals surface area contributed by atoms with E-state index in [-0.39, 0.29) is 13.2 Å². The maximum absolute atomic E-state index is 9.29. The summed E-state index contributed by atoms with van der Waals surface area (Å²) in [4.78, 5) is 7.16. The quantitative estimate of drug-likeness (QED) is 0.789. The van der Waals surface area contributed by atoms with Gasteiger partial charge in [-0.25, -0.2) is 4.98 Å². The number of hydrogen-bond acceptors (Lipinski definition) is 5. The molecule has 5 heteroatoms. The van der Waals surface area contributed by atoms with Gasteiger partial charge in [-0.2, -0.15) is 0 Å². The summed E-state index contributed by atoms with van der Waals surface area (Å²) in [5.74, 6) is 1.42. The summed E-state index contributed by atoms with van der Waals surface area (Å²) >= 11 is 1.68. The molecule has 0 amide bonds. The number of aliphatic hydroxyl groups excluding tert-OH is 2. The van der Waals surface area contributed by atoms with Crippen molar-refractivity contribution >= 4 is 16.5 Å². The zero-order valence-corrected chi connectivity index (χ0v) is 15.9. The van der Waals surface area contributed by atoms with E-state index in [0.717, 1.165) is 42.3 Å². The van der Waals surface area contributed by atoms with E-state index >= 15 is 0 Å². The van der Waals surface area contributed by atoms with Gasteiger partial charge in [0, 0.05) is 37.2 Å². The van der Waals surface area contributed by atoms with Crippen molar-refractivity contribution in [1.82, 2.24) is 4.98 Å². The highest BCUT2D eigenvalue weighted by Gasteiger charge is 2.33. The SMILES string of the molecule is CC(C)c1ccc(-c2csc(N3C[C@@H](CCO)[C@@H](CCO)C3)n2)cc1. The summed E-state index contributed by atoms with van der Waals surface area (Å²) in [6.07, 6.45) is 1.60. The Morgan fingerprint density at radius 3 is 2.20 bits per heavy atom. The maximum Gasteiger partial charge on any atom is 0.185 e. The number of aliphatic hydroxyl groups is 2. The fourth-order valence-corrected chi connectivity index (χ4v) is 4.52. The van der Waals surface area contributed by atoms with Crippen molar-refractivity contribution in [1.29, 1.82) is 0 Å². The normalized spacial score (nSPS) is 20.6. The summed E-state index contributed by atoms with van der Waals surface area (Å²) in [7, 11) is 0. The van der Waals surface area contributed by atoms with Crippen LogP contribution in [0, 0.1) is 11.8 Å². The molecule has 25 heavy (non-hydrogen) atoms. The summed E-state index contributed by atoms with van der Waals surface area (Å²) in [5, 5.41) is 21.8.